The molecule has 0 radical (unpaired) electrons. The van der Waals surface area contributed by atoms with Gasteiger partial charge < -0.3 is 14.7 Å². The van der Waals surface area contributed by atoms with Gasteiger partial charge in [-0.3, -0.25) is 0 Å². The lowest BCUT2D eigenvalue weighted by molar-refractivity contribution is -0.101. The average molecular weight is 189 g/mol. The molecule has 0 rings (SSSR count). The Kier molecular flexibility index (Phi) is 8.40. The summed E-state index contributed by atoms with van der Waals surface area (Å²) in [7, 11) is 0. The summed E-state index contributed by atoms with van der Waals surface area (Å²) in [6.07, 6.45) is 1.10. The summed E-state index contributed by atoms with van der Waals surface area (Å²) in [5, 5.41) is 9.10. The van der Waals surface area contributed by atoms with Gasteiger partial charge in [0.2, 0.25) is 0 Å². The van der Waals surface area contributed by atoms with Gasteiger partial charge in [-0.05, 0) is 25.9 Å². The Bertz CT molecular complexity index is 105. The van der Waals surface area contributed by atoms with E-state index in [-0.39, 0.29) is 0 Å². The summed E-state index contributed by atoms with van der Waals surface area (Å²) < 4.78 is 5.16. The first-order valence-corrected chi connectivity index (χ1v) is 5.26. The topological polar surface area (TPSA) is 32.7 Å². The van der Waals surface area contributed by atoms with Gasteiger partial charge in [0.1, 0.15) is 0 Å². The van der Waals surface area contributed by atoms with E-state index < -0.39 is 6.29 Å². The van der Waals surface area contributed by atoms with E-state index in [1.807, 2.05) is 6.92 Å². The Morgan fingerprint density at radius 1 is 1.23 bits per heavy atom. The molecule has 3 nitrogen and oxygen atoms in total. The van der Waals surface area contributed by atoms with Crippen LogP contribution < -0.4 is 0 Å². The van der Waals surface area contributed by atoms with E-state index in [1.54, 1.807) is 0 Å². The number of rotatable bonds is 8. The smallest absolute Gasteiger partial charge is 0.154 e. The number of hydrogen-bond donors (Lipinski definition) is 1. The van der Waals surface area contributed by atoms with Gasteiger partial charge in [0.05, 0.1) is 6.61 Å². The predicted octanol–water partition coefficient (Wildman–Crippen LogP) is 1.46. The largest absolute Gasteiger partial charge is 0.368 e. The highest BCUT2D eigenvalue weighted by atomic mass is 16.6. The fourth-order valence-electron chi connectivity index (χ4n) is 1.17. The van der Waals surface area contributed by atoms with Crippen molar-refractivity contribution in [1.29, 1.82) is 0 Å². The van der Waals surface area contributed by atoms with Crippen LogP contribution in [0.5, 0.6) is 0 Å². The molecule has 0 saturated carbocycles. The Morgan fingerprint density at radius 2 is 1.85 bits per heavy atom. The second-order valence-electron chi connectivity index (χ2n) is 3.11. The molecule has 0 aliphatic rings. The Balaban J connectivity index is 3.23. The molecule has 3 heteroatoms. The van der Waals surface area contributed by atoms with Crippen molar-refractivity contribution in [3.63, 3.8) is 0 Å². The number of hydrogen-bond acceptors (Lipinski definition) is 3. The quantitative estimate of drug-likeness (QED) is 0.463. The van der Waals surface area contributed by atoms with E-state index in [9.17, 15) is 0 Å². The normalized spacial score (nSPS) is 13.6. The summed E-state index contributed by atoms with van der Waals surface area (Å²) in [5.41, 5.74) is 0. The van der Waals surface area contributed by atoms with Crippen LogP contribution in [0, 0.1) is 0 Å². The van der Waals surface area contributed by atoms with E-state index in [1.165, 1.54) is 0 Å². The number of ether oxygens (including phenoxy) is 1. The van der Waals surface area contributed by atoms with Gasteiger partial charge in [-0.25, -0.2) is 0 Å². The number of aliphatic hydroxyl groups excluding tert-OH is 1. The molecule has 0 aromatic carbocycles. The van der Waals surface area contributed by atoms with E-state index >= 15 is 0 Å². The Morgan fingerprint density at radius 3 is 2.31 bits per heavy atom. The van der Waals surface area contributed by atoms with Crippen LogP contribution in [-0.2, 0) is 4.74 Å². The van der Waals surface area contributed by atoms with Gasteiger partial charge in [0.15, 0.2) is 6.29 Å². The van der Waals surface area contributed by atoms with Crippen LogP contribution in [-0.4, -0.2) is 42.5 Å². The van der Waals surface area contributed by atoms with Crippen LogP contribution in [0.15, 0.2) is 0 Å². The molecule has 0 heterocycles. The van der Waals surface area contributed by atoms with Gasteiger partial charge in [0, 0.05) is 6.54 Å². The van der Waals surface area contributed by atoms with Gasteiger partial charge in [-0.15, -0.1) is 0 Å². The average Bonchev–Trinajstić information content (AvgIpc) is 2.18. The van der Waals surface area contributed by atoms with Gasteiger partial charge in [-0.1, -0.05) is 20.8 Å². The molecule has 80 valence electrons. The molecule has 0 saturated heterocycles. The second-order valence-corrected chi connectivity index (χ2v) is 3.11. The molecule has 1 N–H and O–H groups in total. The van der Waals surface area contributed by atoms with E-state index in [0.717, 1.165) is 26.1 Å². The zero-order chi connectivity index (χ0) is 10.1. The summed E-state index contributed by atoms with van der Waals surface area (Å²) in [6.45, 7) is 10.1. The van der Waals surface area contributed by atoms with Crippen molar-refractivity contribution in [3.05, 3.63) is 0 Å². The van der Waals surface area contributed by atoms with E-state index in [4.69, 9.17) is 9.84 Å². The highest BCUT2D eigenvalue weighted by Crippen LogP contribution is 1.96. The Hall–Kier alpha value is -0.120. The zero-order valence-corrected chi connectivity index (χ0v) is 9.12. The van der Waals surface area contributed by atoms with Crippen molar-refractivity contribution in [3.8, 4) is 0 Å². The third-order valence-electron chi connectivity index (χ3n) is 2.17. The first kappa shape index (κ1) is 12.9. The Labute approximate surface area is 81.7 Å². The van der Waals surface area contributed by atoms with Gasteiger partial charge in [-0.2, -0.15) is 0 Å². The van der Waals surface area contributed by atoms with Crippen LogP contribution in [0.25, 0.3) is 0 Å². The van der Waals surface area contributed by atoms with Crippen molar-refractivity contribution in [1.82, 2.24) is 4.90 Å². The lowest BCUT2D eigenvalue weighted by Gasteiger charge is -2.18. The first-order chi connectivity index (χ1) is 6.24. The van der Waals surface area contributed by atoms with Crippen LogP contribution in [0.4, 0.5) is 0 Å². The van der Waals surface area contributed by atoms with Crippen LogP contribution in [0.1, 0.15) is 33.6 Å². The maximum Gasteiger partial charge on any atom is 0.154 e. The number of nitrogens with zero attached hydrogens (tertiary/aromatic N) is 1. The molecular weight excluding hydrogens is 166 g/mol. The first-order valence-electron chi connectivity index (χ1n) is 5.26. The fraction of sp³-hybridized carbons (Fsp3) is 1.00. The molecule has 0 amide bonds. The second kappa shape index (κ2) is 8.48. The molecular formula is C10H23NO2. The lowest BCUT2D eigenvalue weighted by Crippen LogP contribution is -2.25. The minimum Gasteiger partial charge on any atom is -0.368 e. The van der Waals surface area contributed by atoms with Gasteiger partial charge in [0.25, 0.3) is 0 Å². The lowest BCUT2D eigenvalue weighted by atomic mass is 10.4. The predicted molar refractivity (Wildman–Crippen MR) is 54.7 cm³/mol. The third kappa shape index (κ3) is 6.99. The monoisotopic (exact) mass is 189 g/mol. The molecule has 0 fully saturated rings. The van der Waals surface area contributed by atoms with Crippen LogP contribution in [0.2, 0.25) is 0 Å². The van der Waals surface area contributed by atoms with E-state index in [2.05, 4.69) is 18.7 Å². The van der Waals surface area contributed by atoms with E-state index in [0.29, 0.717) is 13.0 Å². The summed E-state index contributed by atoms with van der Waals surface area (Å²) in [5.74, 6) is 0. The summed E-state index contributed by atoms with van der Waals surface area (Å²) in [6, 6.07) is 0. The van der Waals surface area contributed by atoms with Crippen LogP contribution in [0.3, 0.4) is 0 Å². The highest BCUT2D eigenvalue weighted by molar-refractivity contribution is 4.51. The van der Waals surface area contributed by atoms with Crippen molar-refractivity contribution < 1.29 is 9.84 Å². The van der Waals surface area contributed by atoms with Crippen molar-refractivity contribution in [2.24, 2.45) is 0 Å². The highest BCUT2D eigenvalue weighted by Gasteiger charge is 2.01. The fourth-order valence-corrected chi connectivity index (χ4v) is 1.17. The molecule has 0 spiro atoms. The molecule has 0 aliphatic carbocycles. The minimum atomic E-state index is -0.572. The molecule has 0 aromatic heterocycles. The molecule has 0 bridgehead atoms. The van der Waals surface area contributed by atoms with Crippen LogP contribution >= 0.6 is 0 Å². The maximum absolute atomic E-state index is 9.10. The summed E-state index contributed by atoms with van der Waals surface area (Å²) in [4.78, 5) is 2.35. The standard InChI is InChI=1S/C10H23NO2/c1-4-10(12)13-9-7-8-11(5-2)6-3/h10,12H,4-9H2,1-3H3. The minimum absolute atomic E-state index is 0.572. The molecule has 1 unspecified atom stereocenters. The van der Waals surface area contributed by atoms with Crippen molar-refractivity contribution >= 4 is 0 Å². The molecule has 13 heavy (non-hydrogen) atoms. The summed E-state index contributed by atoms with van der Waals surface area (Å²) >= 11 is 0. The molecule has 1 atom stereocenters. The molecule has 0 aromatic rings. The SMILES string of the molecule is CCC(O)OCCCN(CC)CC. The maximum atomic E-state index is 9.10. The van der Waals surface area contributed by atoms with Gasteiger partial charge >= 0.3 is 0 Å². The third-order valence-corrected chi connectivity index (χ3v) is 2.17. The molecule has 0 aliphatic heterocycles. The zero-order valence-electron chi connectivity index (χ0n) is 9.12. The van der Waals surface area contributed by atoms with Crippen molar-refractivity contribution in [2.45, 2.75) is 39.9 Å². The van der Waals surface area contributed by atoms with Crippen molar-refractivity contribution in [2.75, 3.05) is 26.2 Å². The number of aliphatic hydroxyl groups is 1.